The largest absolute Gasteiger partial charge is 0.305 e. The molecule has 0 saturated heterocycles. The van der Waals surface area contributed by atoms with Gasteiger partial charge < -0.3 is 5.32 Å². The molecular weight excluding hydrogens is 258 g/mol. The summed E-state index contributed by atoms with van der Waals surface area (Å²) in [5.41, 5.74) is 1.35. The lowest BCUT2D eigenvalue weighted by atomic mass is 10.0. The average Bonchev–Trinajstić information content (AvgIpc) is 2.46. The third-order valence-corrected chi connectivity index (χ3v) is 3.05. The van der Waals surface area contributed by atoms with Crippen molar-refractivity contribution >= 4 is 0 Å². The van der Waals surface area contributed by atoms with Crippen molar-refractivity contribution in [1.82, 2.24) is 5.32 Å². The van der Waals surface area contributed by atoms with Crippen molar-refractivity contribution in [2.45, 2.75) is 19.0 Å². The van der Waals surface area contributed by atoms with Crippen LogP contribution in [0.3, 0.4) is 0 Å². The zero-order valence-electron chi connectivity index (χ0n) is 10.8. The summed E-state index contributed by atoms with van der Waals surface area (Å²) in [6.45, 7) is 0.243. The van der Waals surface area contributed by atoms with Crippen molar-refractivity contribution < 1.29 is 8.78 Å². The van der Waals surface area contributed by atoms with E-state index in [1.165, 1.54) is 12.1 Å². The standard InChI is InChI=1S/C16H14F2N2/c17-14-7-6-13(15(18)10-14)11-20-16(8-9-19)12-4-2-1-3-5-12/h1-7,10,16,20H,8,11H2. The summed E-state index contributed by atoms with van der Waals surface area (Å²) in [5, 5.41) is 12.0. The van der Waals surface area contributed by atoms with E-state index in [1.807, 2.05) is 30.3 Å². The highest BCUT2D eigenvalue weighted by Gasteiger charge is 2.11. The van der Waals surface area contributed by atoms with Crippen LogP contribution < -0.4 is 5.32 Å². The number of hydrogen-bond donors (Lipinski definition) is 1. The molecule has 0 amide bonds. The van der Waals surface area contributed by atoms with E-state index < -0.39 is 11.6 Å². The van der Waals surface area contributed by atoms with Gasteiger partial charge in [-0.3, -0.25) is 0 Å². The molecular formula is C16H14F2N2. The first-order valence-corrected chi connectivity index (χ1v) is 6.30. The predicted molar refractivity (Wildman–Crippen MR) is 72.6 cm³/mol. The van der Waals surface area contributed by atoms with Crippen LogP contribution in [0, 0.1) is 23.0 Å². The first-order valence-electron chi connectivity index (χ1n) is 6.30. The summed E-state index contributed by atoms with van der Waals surface area (Å²) in [6, 6.07) is 14.9. The van der Waals surface area contributed by atoms with Gasteiger partial charge >= 0.3 is 0 Å². The molecule has 0 spiro atoms. The van der Waals surface area contributed by atoms with Gasteiger partial charge in [0, 0.05) is 24.2 Å². The average molecular weight is 272 g/mol. The first-order chi connectivity index (χ1) is 9.70. The molecule has 102 valence electrons. The third-order valence-electron chi connectivity index (χ3n) is 3.05. The van der Waals surface area contributed by atoms with Gasteiger partial charge in [0.25, 0.3) is 0 Å². The molecule has 1 N–H and O–H groups in total. The smallest absolute Gasteiger partial charge is 0.130 e. The molecule has 0 saturated carbocycles. The van der Waals surface area contributed by atoms with Crippen LogP contribution in [0.5, 0.6) is 0 Å². The molecule has 0 aromatic heterocycles. The van der Waals surface area contributed by atoms with Gasteiger partial charge in [-0.2, -0.15) is 5.26 Å². The lowest BCUT2D eigenvalue weighted by Crippen LogP contribution is -2.21. The lowest BCUT2D eigenvalue weighted by molar-refractivity contribution is 0.516. The Morgan fingerprint density at radius 2 is 1.85 bits per heavy atom. The maximum Gasteiger partial charge on any atom is 0.130 e. The molecule has 0 heterocycles. The van der Waals surface area contributed by atoms with Crippen LogP contribution in [0.2, 0.25) is 0 Å². The molecule has 0 radical (unpaired) electrons. The molecule has 0 aliphatic carbocycles. The van der Waals surface area contributed by atoms with E-state index in [9.17, 15) is 8.78 Å². The molecule has 0 aliphatic heterocycles. The Balaban J connectivity index is 2.08. The van der Waals surface area contributed by atoms with Gasteiger partial charge in [-0.25, -0.2) is 8.78 Å². The number of halogens is 2. The Morgan fingerprint density at radius 1 is 1.10 bits per heavy atom. The zero-order chi connectivity index (χ0) is 14.4. The minimum Gasteiger partial charge on any atom is -0.305 e. The van der Waals surface area contributed by atoms with Gasteiger partial charge in [-0.05, 0) is 11.6 Å². The fraction of sp³-hybridized carbons (Fsp3) is 0.188. The van der Waals surface area contributed by atoms with E-state index >= 15 is 0 Å². The van der Waals surface area contributed by atoms with Crippen molar-refractivity contribution in [3.05, 3.63) is 71.3 Å². The van der Waals surface area contributed by atoms with Gasteiger partial charge in [0.05, 0.1) is 12.5 Å². The summed E-state index contributed by atoms with van der Waals surface area (Å²) >= 11 is 0. The Kier molecular flexibility index (Phi) is 4.80. The van der Waals surface area contributed by atoms with Crippen molar-refractivity contribution in [2.24, 2.45) is 0 Å². The number of nitriles is 1. The van der Waals surface area contributed by atoms with Gasteiger partial charge in [0.1, 0.15) is 11.6 Å². The Labute approximate surface area is 116 Å². The van der Waals surface area contributed by atoms with Crippen LogP contribution in [0.25, 0.3) is 0 Å². The van der Waals surface area contributed by atoms with E-state index in [2.05, 4.69) is 11.4 Å². The van der Waals surface area contributed by atoms with Crippen LogP contribution >= 0.6 is 0 Å². The molecule has 1 unspecified atom stereocenters. The van der Waals surface area contributed by atoms with Gasteiger partial charge in [-0.1, -0.05) is 36.4 Å². The molecule has 2 aromatic rings. The predicted octanol–water partition coefficient (Wildman–Crippen LogP) is 3.71. The second-order valence-corrected chi connectivity index (χ2v) is 4.44. The van der Waals surface area contributed by atoms with Crippen molar-refractivity contribution in [3.8, 4) is 6.07 Å². The van der Waals surface area contributed by atoms with E-state index in [1.54, 1.807) is 0 Å². The summed E-state index contributed by atoms with van der Waals surface area (Å²) < 4.78 is 26.4. The van der Waals surface area contributed by atoms with Crippen LogP contribution in [0.15, 0.2) is 48.5 Å². The lowest BCUT2D eigenvalue weighted by Gasteiger charge is -2.16. The second kappa shape index (κ2) is 6.78. The molecule has 2 aromatic carbocycles. The monoisotopic (exact) mass is 272 g/mol. The quantitative estimate of drug-likeness (QED) is 0.900. The van der Waals surface area contributed by atoms with Gasteiger partial charge in [0.2, 0.25) is 0 Å². The zero-order valence-corrected chi connectivity index (χ0v) is 10.8. The molecule has 2 rings (SSSR count). The van der Waals surface area contributed by atoms with E-state index in [0.717, 1.165) is 11.6 Å². The van der Waals surface area contributed by atoms with Crippen molar-refractivity contribution in [1.29, 1.82) is 5.26 Å². The third kappa shape index (κ3) is 3.62. The number of nitrogens with one attached hydrogen (secondary N) is 1. The highest BCUT2D eigenvalue weighted by atomic mass is 19.1. The van der Waals surface area contributed by atoms with Gasteiger partial charge in [-0.15, -0.1) is 0 Å². The normalized spacial score (nSPS) is 11.8. The highest BCUT2D eigenvalue weighted by Crippen LogP contribution is 2.17. The SMILES string of the molecule is N#CCC(NCc1ccc(F)cc1F)c1ccccc1. The van der Waals surface area contributed by atoms with Crippen LogP contribution in [0.4, 0.5) is 8.78 Å². The van der Waals surface area contributed by atoms with E-state index in [0.29, 0.717) is 5.56 Å². The molecule has 0 aliphatic rings. The van der Waals surface area contributed by atoms with Crippen LogP contribution in [-0.2, 0) is 6.54 Å². The number of rotatable bonds is 5. The van der Waals surface area contributed by atoms with Crippen molar-refractivity contribution in [2.75, 3.05) is 0 Å². The van der Waals surface area contributed by atoms with E-state index in [4.69, 9.17) is 5.26 Å². The summed E-state index contributed by atoms with van der Waals surface area (Å²) in [5.74, 6) is -1.18. The molecule has 0 bridgehead atoms. The Hall–Kier alpha value is -2.25. The molecule has 1 atom stereocenters. The Morgan fingerprint density at radius 3 is 2.50 bits per heavy atom. The second-order valence-electron chi connectivity index (χ2n) is 4.44. The minimum absolute atomic E-state index is 0.175. The molecule has 20 heavy (non-hydrogen) atoms. The highest BCUT2D eigenvalue weighted by molar-refractivity contribution is 5.22. The topological polar surface area (TPSA) is 35.8 Å². The van der Waals surface area contributed by atoms with Crippen molar-refractivity contribution in [3.63, 3.8) is 0 Å². The maximum absolute atomic E-state index is 13.5. The summed E-state index contributed by atoms with van der Waals surface area (Å²) in [6.07, 6.45) is 0.285. The number of benzene rings is 2. The fourth-order valence-corrected chi connectivity index (χ4v) is 1.98. The molecule has 0 fully saturated rings. The fourth-order valence-electron chi connectivity index (χ4n) is 1.98. The van der Waals surface area contributed by atoms with E-state index in [-0.39, 0.29) is 19.0 Å². The summed E-state index contributed by atoms with van der Waals surface area (Å²) in [7, 11) is 0. The van der Waals surface area contributed by atoms with Crippen LogP contribution in [0.1, 0.15) is 23.6 Å². The maximum atomic E-state index is 13.5. The first kappa shape index (κ1) is 14.2. The molecule has 4 heteroatoms. The molecule has 2 nitrogen and oxygen atoms in total. The number of hydrogen-bond acceptors (Lipinski definition) is 2. The Bertz CT molecular complexity index is 606. The minimum atomic E-state index is -0.595. The van der Waals surface area contributed by atoms with Gasteiger partial charge in [0.15, 0.2) is 0 Å². The van der Waals surface area contributed by atoms with Crippen LogP contribution in [-0.4, -0.2) is 0 Å². The number of nitrogens with zero attached hydrogens (tertiary/aromatic N) is 1. The summed E-state index contributed by atoms with van der Waals surface area (Å²) in [4.78, 5) is 0.